The van der Waals surface area contributed by atoms with Crippen LogP contribution in [0.15, 0.2) is 48.5 Å². The average Bonchev–Trinajstić information content (AvgIpc) is 2.76. The van der Waals surface area contributed by atoms with Crippen LogP contribution in [0.5, 0.6) is 0 Å². The molecule has 4 rings (SSSR count). The second-order valence-electron chi connectivity index (χ2n) is 8.74. The summed E-state index contributed by atoms with van der Waals surface area (Å²) < 4.78 is 5.59. The fourth-order valence-electron chi connectivity index (χ4n) is 4.82. The first-order chi connectivity index (χ1) is 14.7. The van der Waals surface area contributed by atoms with Crippen LogP contribution in [0.4, 0.5) is 11.4 Å². The number of benzene rings is 2. The maximum atomic E-state index is 5.59. The van der Waals surface area contributed by atoms with Crippen molar-refractivity contribution in [2.75, 3.05) is 56.2 Å². The van der Waals surface area contributed by atoms with E-state index in [9.17, 15) is 0 Å². The molecule has 5 nitrogen and oxygen atoms in total. The van der Waals surface area contributed by atoms with Gasteiger partial charge >= 0.3 is 0 Å². The highest BCUT2D eigenvalue weighted by Crippen LogP contribution is 2.30. The van der Waals surface area contributed by atoms with Crippen molar-refractivity contribution < 1.29 is 4.74 Å². The van der Waals surface area contributed by atoms with E-state index in [4.69, 9.17) is 4.74 Å². The van der Waals surface area contributed by atoms with E-state index < -0.39 is 0 Å². The second-order valence-corrected chi connectivity index (χ2v) is 8.74. The lowest BCUT2D eigenvalue weighted by atomic mass is 10.1. The number of ether oxygens (including phenoxy) is 1. The molecule has 170 valence electrons. The van der Waals surface area contributed by atoms with Gasteiger partial charge in [0.05, 0.1) is 6.61 Å². The first kappa shape index (κ1) is 23.9. The van der Waals surface area contributed by atoms with Crippen molar-refractivity contribution in [1.82, 2.24) is 10.2 Å². The quantitative estimate of drug-likeness (QED) is 0.733. The standard InChI is InChI=1S/C25H36N4O.ClH/c1-20-16-26-11-12-29(20)24-9-10-25(23(15-24)19-30-3)28-14-13-27(21(2)17-28)18-22-7-5-4-6-8-22;/h4-10,15,20-21,26H,11-14,16-19H2,1-3H3;1H/t20-,21-;/m0./s1. The highest BCUT2D eigenvalue weighted by Gasteiger charge is 2.26. The Labute approximate surface area is 193 Å². The molecule has 0 saturated carbocycles. The van der Waals surface area contributed by atoms with Crippen LogP contribution < -0.4 is 15.1 Å². The molecule has 0 radical (unpaired) electrons. The molecule has 0 unspecified atom stereocenters. The Bertz CT molecular complexity index is 818. The van der Waals surface area contributed by atoms with E-state index in [-0.39, 0.29) is 12.4 Å². The van der Waals surface area contributed by atoms with Gasteiger partial charge in [0.1, 0.15) is 0 Å². The molecular weight excluding hydrogens is 408 g/mol. The number of rotatable bonds is 6. The summed E-state index contributed by atoms with van der Waals surface area (Å²) in [6.45, 7) is 12.7. The number of halogens is 1. The molecule has 0 aromatic heterocycles. The van der Waals surface area contributed by atoms with Crippen molar-refractivity contribution in [1.29, 1.82) is 0 Å². The normalized spacial score (nSPS) is 22.3. The Morgan fingerprint density at radius 3 is 2.52 bits per heavy atom. The molecule has 0 bridgehead atoms. The van der Waals surface area contributed by atoms with Crippen LogP contribution in [-0.4, -0.2) is 63.4 Å². The van der Waals surface area contributed by atoms with Gasteiger partial charge in [-0.25, -0.2) is 0 Å². The predicted molar refractivity (Wildman–Crippen MR) is 133 cm³/mol. The third-order valence-electron chi connectivity index (χ3n) is 6.53. The maximum absolute atomic E-state index is 5.59. The van der Waals surface area contributed by atoms with Gasteiger partial charge in [0, 0.05) is 81.9 Å². The molecule has 0 amide bonds. The fraction of sp³-hybridized carbons (Fsp3) is 0.520. The highest BCUT2D eigenvalue weighted by atomic mass is 35.5. The molecule has 2 aromatic carbocycles. The van der Waals surface area contributed by atoms with Crippen LogP contribution >= 0.6 is 12.4 Å². The first-order valence-electron chi connectivity index (χ1n) is 11.3. The Kier molecular flexibility index (Phi) is 8.61. The lowest BCUT2D eigenvalue weighted by Crippen LogP contribution is -2.51. The van der Waals surface area contributed by atoms with Crippen LogP contribution in [0, 0.1) is 0 Å². The van der Waals surface area contributed by atoms with Gasteiger partial charge in [-0.15, -0.1) is 12.4 Å². The van der Waals surface area contributed by atoms with Crippen molar-refractivity contribution in [2.45, 2.75) is 39.1 Å². The minimum absolute atomic E-state index is 0. The van der Waals surface area contributed by atoms with E-state index >= 15 is 0 Å². The predicted octanol–water partition coefficient (Wildman–Crippen LogP) is 3.76. The zero-order valence-electron chi connectivity index (χ0n) is 19.1. The molecule has 2 heterocycles. The summed E-state index contributed by atoms with van der Waals surface area (Å²) in [5.74, 6) is 0. The number of hydrogen-bond donors (Lipinski definition) is 1. The summed E-state index contributed by atoms with van der Waals surface area (Å²) >= 11 is 0. The molecule has 6 heteroatoms. The van der Waals surface area contributed by atoms with Crippen molar-refractivity contribution in [3.8, 4) is 0 Å². The van der Waals surface area contributed by atoms with E-state index in [1.54, 1.807) is 7.11 Å². The molecule has 2 fully saturated rings. The molecule has 2 aromatic rings. The third-order valence-corrected chi connectivity index (χ3v) is 6.53. The number of anilines is 2. The second kappa shape index (κ2) is 11.2. The topological polar surface area (TPSA) is 31.0 Å². The van der Waals surface area contributed by atoms with Gasteiger partial charge in [-0.05, 0) is 37.6 Å². The van der Waals surface area contributed by atoms with Crippen LogP contribution in [0.3, 0.4) is 0 Å². The number of piperazine rings is 2. The maximum Gasteiger partial charge on any atom is 0.0734 e. The first-order valence-corrected chi connectivity index (χ1v) is 11.3. The van der Waals surface area contributed by atoms with Crippen molar-refractivity contribution in [3.05, 3.63) is 59.7 Å². The summed E-state index contributed by atoms with van der Waals surface area (Å²) in [6.07, 6.45) is 0. The van der Waals surface area contributed by atoms with E-state index in [1.807, 2.05) is 0 Å². The number of hydrogen-bond acceptors (Lipinski definition) is 5. The number of methoxy groups -OCH3 is 1. The number of nitrogens with zero attached hydrogens (tertiary/aromatic N) is 3. The number of nitrogens with one attached hydrogen (secondary N) is 1. The molecular formula is C25H37ClN4O. The third kappa shape index (κ3) is 5.72. The Balaban J connectivity index is 0.00000272. The zero-order chi connectivity index (χ0) is 20.9. The fourth-order valence-corrected chi connectivity index (χ4v) is 4.82. The van der Waals surface area contributed by atoms with E-state index in [2.05, 4.69) is 82.4 Å². The van der Waals surface area contributed by atoms with E-state index in [0.717, 1.165) is 45.8 Å². The van der Waals surface area contributed by atoms with Crippen molar-refractivity contribution >= 4 is 23.8 Å². The van der Waals surface area contributed by atoms with Crippen LogP contribution in [-0.2, 0) is 17.9 Å². The Morgan fingerprint density at radius 2 is 1.81 bits per heavy atom. The molecule has 2 aliphatic rings. The average molecular weight is 445 g/mol. The molecule has 1 N–H and O–H groups in total. The summed E-state index contributed by atoms with van der Waals surface area (Å²) in [5, 5.41) is 3.48. The SMILES string of the molecule is COCc1cc(N2CCNC[C@@H]2C)ccc1N1CCN(Cc2ccccc2)[C@@H](C)C1.Cl. The summed E-state index contributed by atoms with van der Waals surface area (Å²) in [6, 6.07) is 18.8. The summed E-state index contributed by atoms with van der Waals surface area (Å²) in [4.78, 5) is 7.66. The van der Waals surface area contributed by atoms with Crippen LogP contribution in [0.2, 0.25) is 0 Å². The van der Waals surface area contributed by atoms with Gasteiger partial charge in [-0.3, -0.25) is 4.90 Å². The molecule has 31 heavy (non-hydrogen) atoms. The van der Waals surface area contributed by atoms with Crippen LogP contribution in [0.25, 0.3) is 0 Å². The van der Waals surface area contributed by atoms with E-state index in [1.165, 1.54) is 22.5 Å². The lowest BCUT2D eigenvalue weighted by molar-refractivity contribution is 0.177. The minimum Gasteiger partial charge on any atom is -0.380 e. The van der Waals surface area contributed by atoms with Gasteiger partial charge in [-0.1, -0.05) is 30.3 Å². The Morgan fingerprint density at radius 1 is 1.00 bits per heavy atom. The van der Waals surface area contributed by atoms with E-state index in [0.29, 0.717) is 18.7 Å². The minimum atomic E-state index is 0. The van der Waals surface area contributed by atoms with Crippen molar-refractivity contribution in [3.63, 3.8) is 0 Å². The summed E-state index contributed by atoms with van der Waals surface area (Å²) in [7, 11) is 1.80. The molecule has 2 atom stereocenters. The van der Waals surface area contributed by atoms with Gasteiger partial charge in [-0.2, -0.15) is 0 Å². The Hall–Kier alpha value is -1.79. The molecule has 0 spiro atoms. The van der Waals surface area contributed by atoms with Crippen molar-refractivity contribution in [2.24, 2.45) is 0 Å². The zero-order valence-corrected chi connectivity index (χ0v) is 19.9. The summed E-state index contributed by atoms with van der Waals surface area (Å²) in [5.41, 5.74) is 5.34. The lowest BCUT2D eigenvalue weighted by Gasteiger charge is -2.42. The molecule has 2 aliphatic heterocycles. The highest BCUT2D eigenvalue weighted by molar-refractivity contribution is 5.85. The van der Waals surface area contributed by atoms with Gasteiger partial charge < -0.3 is 19.9 Å². The van der Waals surface area contributed by atoms with Crippen LogP contribution in [0.1, 0.15) is 25.0 Å². The smallest absolute Gasteiger partial charge is 0.0734 e. The van der Waals surface area contributed by atoms with Gasteiger partial charge in [0.25, 0.3) is 0 Å². The van der Waals surface area contributed by atoms with Gasteiger partial charge in [0.15, 0.2) is 0 Å². The van der Waals surface area contributed by atoms with Gasteiger partial charge in [0.2, 0.25) is 0 Å². The molecule has 0 aliphatic carbocycles. The molecule has 2 saturated heterocycles. The largest absolute Gasteiger partial charge is 0.380 e. The monoisotopic (exact) mass is 444 g/mol.